The molecule has 1 aliphatic heterocycles. The third-order valence-corrected chi connectivity index (χ3v) is 5.77. The maximum absolute atomic E-state index is 13.2. The van der Waals surface area contributed by atoms with Crippen molar-refractivity contribution >= 4 is 34.4 Å². The maximum atomic E-state index is 13.2. The van der Waals surface area contributed by atoms with Gasteiger partial charge in [0.2, 0.25) is 0 Å². The first-order valence-corrected chi connectivity index (χ1v) is 10.8. The van der Waals surface area contributed by atoms with Gasteiger partial charge in [-0.25, -0.2) is 4.39 Å². The Morgan fingerprint density at radius 2 is 1.84 bits per heavy atom. The average Bonchev–Trinajstić information content (AvgIpc) is 3.36. The molecule has 31 heavy (non-hydrogen) atoms. The molecule has 0 spiro atoms. The van der Waals surface area contributed by atoms with E-state index in [1.165, 1.54) is 28.4 Å². The number of nitrogens with zero attached hydrogens (tertiary/aromatic N) is 1. The summed E-state index contributed by atoms with van der Waals surface area (Å²) in [5.41, 5.74) is 2.13. The summed E-state index contributed by atoms with van der Waals surface area (Å²) >= 11 is 1.41. The van der Waals surface area contributed by atoms with Gasteiger partial charge in [0.1, 0.15) is 17.3 Å². The van der Waals surface area contributed by atoms with E-state index >= 15 is 0 Å². The SMILES string of the molecule is CCOc1cccc(NC2=C(c3cccs3)C(=O)N(CCc3ccc(F)cc3)C2=O)c1. The number of carbonyl (C=O) groups is 2. The molecule has 0 bridgehead atoms. The van der Waals surface area contributed by atoms with Crippen molar-refractivity contribution < 1.29 is 18.7 Å². The number of carbonyl (C=O) groups excluding carboxylic acids is 2. The third kappa shape index (κ3) is 4.51. The van der Waals surface area contributed by atoms with Crippen molar-refractivity contribution in [2.75, 3.05) is 18.5 Å². The van der Waals surface area contributed by atoms with Crippen LogP contribution in [0.3, 0.4) is 0 Å². The van der Waals surface area contributed by atoms with Gasteiger partial charge in [0, 0.05) is 23.2 Å². The lowest BCUT2D eigenvalue weighted by Crippen LogP contribution is -2.34. The maximum Gasteiger partial charge on any atom is 0.278 e. The Hall–Kier alpha value is -3.45. The van der Waals surface area contributed by atoms with Crippen LogP contribution < -0.4 is 10.1 Å². The summed E-state index contributed by atoms with van der Waals surface area (Å²) in [5.74, 6) is -0.356. The summed E-state index contributed by atoms with van der Waals surface area (Å²) in [6, 6.07) is 17.0. The van der Waals surface area contributed by atoms with E-state index in [2.05, 4.69) is 5.32 Å². The topological polar surface area (TPSA) is 58.6 Å². The second kappa shape index (κ2) is 9.14. The van der Waals surface area contributed by atoms with E-state index in [1.807, 2.05) is 42.6 Å². The lowest BCUT2D eigenvalue weighted by molar-refractivity contribution is -0.136. The van der Waals surface area contributed by atoms with Crippen molar-refractivity contribution in [3.8, 4) is 5.75 Å². The number of thiophene rings is 1. The van der Waals surface area contributed by atoms with Crippen LogP contribution in [-0.4, -0.2) is 29.9 Å². The van der Waals surface area contributed by atoms with Gasteiger partial charge in [0.15, 0.2) is 0 Å². The van der Waals surface area contributed by atoms with E-state index in [0.29, 0.717) is 30.0 Å². The normalized spacial score (nSPS) is 13.8. The van der Waals surface area contributed by atoms with Crippen LogP contribution in [0, 0.1) is 5.82 Å². The molecule has 2 heterocycles. The van der Waals surface area contributed by atoms with Crippen molar-refractivity contribution in [2.24, 2.45) is 0 Å². The second-order valence-corrected chi connectivity index (χ2v) is 7.90. The van der Waals surface area contributed by atoms with E-state index in [9.17, 15) is 14.0 Å². The van der Waals surface area contributed by atoms with E-state index in [4.69, 9.17) is 4.74 Å². The number of ether oxygens (including phenoxy) is 1. The number of imide groups is 1. The molecule has 158 valence electrons. The van der Waals surface area contributed by atoms with Crippen molar-refractivity contribution in [1.29, 1.82) is 0 Å². The van der Waals surface area contributed by atoms with Gasteiger partial charge in [-0.3, -0.25) is 14.5 Å². The van der Waals surface area contributed by atoms with Crippen molar-refractivity contribution in [3.63, 3.8) is 0 Å². The number of nitrogens with one attached hydrogen (secondary N) is 1. The van der Waals surface area contributed by atoms with E-state index in [1.54, 1.807) is 18.2 Å². The highest BCUT2D eigenvalue weighted by molar-refractivity contribution is 7.11. The zero-order valence-electron chi connectivity index (χ0n) is 16.9. The first-order chi connectivity index (χ1) is 15.1. The van der Waals surface area contributed by atoms with Crippen LogP contribution in [0.2, 0.25) is 0 Å². The predicted molar refractivity (Wildman–Crippen MR) is 119 cm³/mol. The molecule has 0 radical (unpaired) electrons. The third-order valence-electron chi connectivity index (χ3n) is 4.89. The summed E-state index contributed by atoms with van der Waals surface area (Å²) in [6.07, 6.45) is 0.447. The molecule has 0 atom stereocenters. The number of hydrogen-bond donors (Lipinski definition) is 1. The molecule has 5 nitrogen and oxygen atoms in total. The van der Waals surface area contributed by atoms with Gasteiger partial charge in [0.25, 0.3) is 11.8 Å². The van der Waals surface area contributed by atoms with Crippen LogP contribution in [0.15, 0.2) is 71.7 Å². The molecular formula is C24H21FN2O3S. The first-order valence-electron chi connectivity index (χ1n) is 9.95. The van der Waals surface area contributed by atoms with E-state index in [-0.39, 0.29) is 29.9 Å². The Kier molecular flexibility index (Phi) is 6.13. The minimum atomic E-state index is -0.377. The van der Waals surface area contributed by atoms with Crippen LogP contribution in [-0.2, 0) is 16.0 Å². The molecule has 3 aromatic rings. The molecule has 1 aromatic heterocycles. The Bertz CT molecular complexity index is 1120. The smallest absolute Gasteiger partial charge is 0.278 e. The highest BCUT2D eigenvalue weighted by atomic mass is 32.1. The summed E-state index contributed by atoms with van der Waals surface area (Å²) in [6.45, 7) is 2.64. The number of anilines is 1. The monoisotopic (exact) mass is 436 g/mol. The molecular weight excluding hydrogens is 415 g/mol. The molecule has 1 N–H and O–H groups in total. The zero-order chi connectivity index (χ0) is 21.8. The summed E-state index contributed by atoms with van der Waals surface area (Å²) in [7, 11) is 0. The fraction of sp³-hybridized carbons (Fsp3) is 0.167. The van der Waals surface area contributed by atoms with Crippen LogP contribution in [0.1, 0.15) is 17.4 Å². The molecule has 4 rings (SSSR count). The molecule has 2 amide bonds. The molecule has 0 saturated carbocycles. The van der Waals surface area contributed by atoms with Gasteiger partial charge in [-0.05, 0) is 54.6 Å². The number of amides is 2. The number of halogens is 1. The predicted octanol–water partition coefficient (Wildman–Crippen LogP) is 4.72. The van der Waals surface area contributed by atoms with Crippen molar-refractivity contribution in [1.82, 2.24) is 4.90 Å². The van der Waals surface area contributed by atoms with Gasteiger partial charge in [-0.15, -0.1) is 11.3 Å². The van der Waals surface area contributed by atoms with Crippen LogP contribution >= 0.6 is 11.3 Å². The number of hydrogen-bond acceptors (Lipinski definition) is 5. The van der Waals surface area contributed by atoms with Gasteiger partial charge in [0.05, 0.1) is 12.2 Å². The fourth-order valence-electron chi connectivity index (χ4n) is 3.41. The lowest BCUT2D eigenvalue weighted by Gasteiger charge is -2.15. The number of rotatable bonds is 8. The Morgan fingerprint density at radius 3 is 2.55 bits per heavy atom. The van der Waals surface area contributed by atoms with Crippen LogP contribution in [0.4, 0.5) is 10.1 Å². The van der Waals surface area contributed by atoms with Gasteiger partial charge in [-0.2, -0.15) is 0 Å². The summed E-state index contributed by atoms with van der Waals surface area (Å²) < 4.78 is 18.7. The number of benzene rings is 2. The quantitative estimate of drug-likeness (QED) is 0.519. The highest BCUT2D eigenvalue weighted by Crippen LogP contribution is 2.33. The van der Waals surface area contributed by atoms with Gasteiger partial charge in [-0.1, -0.05) is 24.3 Å². The molecule has 2 aromatic carbocycles. The van der Waals surface area contributed by atoms with Crippen molar-refractivity contribution in [2.45, 2.75) is 13.3 Å². The summed E-state index contributed by atoms with van der Waals surface area (Å²) in [5, 5.41) is 5.01. The second-order valence-electron chi connectivity index (χ2n) is 6.95. The van der Waals surface area contributed by atoms with Crippen LogP contribution in [0.5, 0.6) is 5.75 Å². The standard InChI is InChI=1S/C24H21FN2O3S/c1-2-30-19-6-3-5-18(15-19)26-22-21(20-7-4-14-31-20)23(28)27(24(22)29)13-12-16-8-10-17(25)11-9-16/h3-11,14-15,26H,2,12-13H2,1H3. The van der Waals surface area contributed by atoms with E-state index < -0.39 is 0 Å². The van der Waals surface area contributed by atoms with Crippen molar-refractivity contribution in [3.05, 3.63) is 88.0 Å². The molecule has 1 aliphatic rings. The Labute approximate surface area is 183 Å². The minimum absolute atomic E-state index is 0.211. The average molecular weight is 437 g/mol. The minimum Gasteiger partial charge on any atom is -0.494 e. The van der Waals surface area contributed by atoms with Gasteiger partial charge >= 0.3 is 0 Å². The summed E-state index contributed by atoms with van der Waals surface area (Å²) in [4.78, 5) is 28.4. The fourth-order valence-corrected chi connectivity index (χ4v) is 4.18. The van der Waals surface area contributed by atoms with Crippen LogP contribution in [0.25, 0.3) is 5.57 Å². The molecule has 0 saturated heterocycles. The Balaban J connectivity index is 1.60. The lowest BCUT2D eigenvalue weighted by atomic mass is 10.1. The molecule has 0 fully saturated rings. The molecule has 0 aliphatic carbocycles. The van der Waals surface area contributed by atoms with Gasteiger partial charge < -0.3 is 10.1 Å². The molecule has 0 unspecified atom stereocenters. The Morgan fingerprint density at radius 1 is 1.03 bits per heavy atom. The first kappa shape index (κ1) is 20.8. The van der Waals surface area contributed by atoms with E-state index in [0.717, 1.165) is 10.4 Å². The highest BCUT2D eigenvalue weighted by Gasteiger charge is 2.39. The zero-order valence-corrected chi connectivity index (χ0v) is 17.7. The molecule has 7 heteroatoms. The largest absolute Gasteiger partial charge is 0.494 e.